The van der Waals surface area contributed by atoms with Crippen LogP contribution in [-0.2, 0) is 0 Å². The summed E-state index contributed by atoms with van der Waals surface area (Å²) >= 11 is 1.29. The Bertz CT molecular complexity index is 322. The van der Waals surface area contributed by atoms with Crippen LogP contribution in [0.4, 0.5) is 13.9 Å². The third-order valence-corrected chi connectivity index (χ3v) is 2.97. The molecule has 0 radical (unpaired) electrons. The lowest BCUT2D eigenvalue weighted by atomic mass is 10.2. The SMILES string of the molecule is Cc1nnc(NCC(F)(F)C2CC2)s1. The van der Waals surface area contributed by atoms with Crippen molar-refractivity contribution in [3.8, 4) is 0 Å². The van der Waals surface area contributed by atoms with Crippen molar-refractivity contribution in [3.63, 3.8) is 0 Å². The number of nitrogens with zero attached hydrogens (tertiary/aromatic N) is 2. The Morgan fingerprint density at radius 2 is 2.21 bits per heavy atom. The third-order valence-electron chi connectivity index (χ3n) is 2.18. The minimum Gasteiger partial charge on any atom is -0.354 e. The summed E-state index contributed by atoms with van der Waals surface area (Å²) in [7, 11) is 0. The molecule has 0 unspecified atom stereocenters. The van der Waals surface area contributed by atoms with Crippen molar-refractivity contribution in [2.45, 2.75) is 25.7 Å². The molecule has 2 rings (SSSR count). The Balaban J connectivity index is 1.87. The number of nitrogens with one attached hydrogen (secondary N) is 1. The molecule has 0 bridgehead atoms. The predicted octanol–water partition coefficient (Wildman–Crippen LogP) is 2.30. The van der Waals surface area contributed by atoms with Crippen molar-refractivity contribution in [2.75, 3.05) is 11.9 Å². The number of rotatable bonds is 4. The van der Waals surface area contributed by atoms with E-state index in [2.05, 4.69) is 15.5 Å². The molecule has 1 heterocycles. The van der Waals surface area contributed by atoms with Crippen molar-refractivity contribution in [1.82, 2.24) is 10.2 Å². The maximum Gasteiger partial charge on any atom is 0.267 e. The second kappa shape index (κ2) is 3.42. The number of hydrogen-bond donors (Lipinski definition) is 1. The quantitative estimate of drug-likeness (QED) is 0.844. The summed E-state index contributed by atoms with van der Waals surface area (Å²) in [5.41, 5.74) is 0. The van der Waals surface area contributed by atoms with Crippen molar-refractivity contribution in [3.05, 3.63) is 5.01 Å². The normalized spacial score (nSPS) is 17.1. The van der Waals surface area contributed by atoms with E-state index < -0.39 is 11.8 Å². The van der Waals surface area contributed by atoms with Crippen LogP contribution in [0.15, 0.2) is 0 Å². The van der Waals surface area contributed by atoms with E-state index >= 15 is 0 Å². The van der Waals surface area contributed by atoms with Crippen molar-refractivity contribution in [2.24, 2.45) is 5.92 Å². The molecule has 6 heteroatoms. The fourth-order valence-corrected chi connectivity index (χ4v) is 1.80. The molecule has 1 fully saturated rings. The molecule has 0 amide bonds. The fourth-order valence-electron chi connectivity index (χ4n) is 1.21. The number of halogens is 2. The Labute approximate surface area is 84.5 Å². The number of aromatic nitrogens is 2. The molecule has 14 heavy (non-hydrogen) atoms. The number of aryl methyl sites for hydroxylation is 1. The van der Waals surface area contributed by atoms with Gasteiger partial charge in [-0.3, -0.25) is 0 Å². The molecule has 0 aliphatic heterocycles. The average molecular weight is 219 g/mol. The van der Waals surface area contributed by atoms with E-state index in [0.717, 1.165) is 5.01 Å². The summed E-state index contributed by atoms with van der Waals surface area (Å²) in [6.45, 7) is 1.47. The lowest BCUT2D eigenvalue weighted by Crippen LogP contribution is -2.29. The van der Waals surface area contributed by atoms with Gasteiger partial charge in [-0.15, -0.1) is 10.2 Å². The van der Waals surface area contributed by atoms with Crippen LogP contribution in [0.25, 0.3) is 0 Å². The maximum absolute atomic E-state index is 13.2. The van der Waals surface area contributed by atoms with Gasteiger partial charge in [-0.25, -0.2) is 8.78 Å². The summed E-state index contributed by atoms with van der Waals surface area (Å²) in [6, 6.07) is 0. The highest BCUT2D eigenvalue weighted by molar-refractivity contribution is 7.15. The lowest BCUT2D eigenvalue weighted by molar-refractivity contribution is -0.00817. The van der Waals surface area contributed by atoms with Crippen LogP contribution < -0.4 is 5.32 Å². The molecular formula is C8H11F2N3S. The first-order valence-corrected chi connectivity index (χ1v) is 5.31. The van der Waals surface area contributed by atoms with Crippen LogP contribution in [0.1, 0.15) is 17.8 Å². The van der Waals surface area contributed by atoms with Gasteiger partial charge in [0.25, 0.3) is 5.92 Å². The molecule has 1 aliphatic rings. The van der Waals surface area contributed by atoms with Gasteiger partial charge in [0.2, 0.25) is 5.13 Å². The number of alkyl halides is 2. The minimum atomic E-state index is -2.60. The van der Waals surface area contributed by atoms with Crippen LogP contribution in [0.2, 0.25) is 0 Å². The highest BCUT2D eigenvalue weighted by Crippen LogP contribution is 2.43. The molecule has 0 aromatic carbocycles. The summed E-state index contributed by atoms with van der Waals surface area (Å²) < 4.78 is 26.4. The Hall–Kier alpha value is -0.780. The van der Waals surface area contributed by atoms with Gasteiger partial charge in [-0.2, -0.15) is 0 Å². The van der Waals surface area contributed by atoms with E-state index in [9.17, 15) is 8.78 Å². The molecule has 1 aliphatic carbocycles. The van der Waals surface area contributed by atoms with E-state index in [1.165, 1.54) is 11.3 Å². The summed E-state index contributed by atoms with van der Waals surface area (Å²) in [6.07, 6.45) is 1.29. The first-order chi connectivity index (χ1) is 6.58. The van der Waals surface area contributed by atoms with Crippen LogP contribution in [0, 0.1) is 12.8 Å². The topological polar surface area (TPSA) is 37.8 Å². The van der Waals surface area contributed by atoms with Gasteiger partial charge in [-0.1, -0.05) is 11.3 Å². The molecule has 1 saturated carbocycles. The summed E-state index contributed by atoms with van der Waals surface area (Å²) in [4.78, 5) is 0. The standard InChI is InChI=1S/C8H11F2N3S/c1-5-12-13-7(14-5)11-4-8(9,10)6-2-3-6/h6H,2-4H2,1H3,(H,11,13). The largest absolute Gasteiger partial charge is 0.354 e. The predicted molar refractivity (Wildman–Crippen MR) is 50.8 cm³/mol. The second-order valence-corrected chi connectivity index (χ2v) is 4.70. The zero-order chi connectivity index (χ0) is 10.2. The van der Waals surface area contributed by atoms with Crippen LogP contribution >= 0.6 is 11.3 Å². The molecule has 1 aromatic rings. The third kappa shape index (κ3) is 2.17. The summed E-state index contributed by atoms with van der Waals surface area (Å²) in [5, 5.41) is 11.3. The monoisotopic (exact) mass is 219 g/mol. The van der Waals surface area contributed by atoms with Crippen LogP contribution in [-0.4, -0.2) is 22.7 Å². The van der Waals surface area contributed by atoms with Crippen molar-refractivity contribution in [1.29, 1.82) is 0 Å². The minimum absolute atomic E-state index is 0.327. The Morgan fingerprint density at radius 3 is 2.71 bits per heavy atom. The molecule has 0 saturated heterocycles. The highest BCUT2D eigenvalue weighted by atomic mass is 32.1. The molecule has 3 nitrogen and oxygen atoms in total. The van der Waals surface area contributed by atoms with E-state index in [0.29, 0.717) is 18.0 Å². The van der Waals surface area contributed by atoms with Gasteiger partial charge in [0.1, 0.15) is 5.01 Å². The molecule has 0 spiro atoms. The van der Waals surface area contributed by atoms with Crippen molar-refractivity contribution >= 4 is 16.5 Å². The van der Waals surface area contributed by atoms with E-state index in [-0.39, 0.29) is 6.54 Å². The smallest absolute Gasteiger partial charge is 0.267 e. The molecule has 1 aromatic heterocycles. The van der Waals surface area contributed by atoms with E-state index in [1.807, 2.05) is 0 Å². The van der Waals surface area contributed by atoms with Gasteiger partial charge in [0.15, 0.2) is 0 Å². The zero-order valence-electron chi connectivity index (χ0n) is 7.76. The van der Waals surface area contributed by atoms with Gasteiger partial charge in [-0.05, 0) is 19.8 Å². The molecular weight excluding hydrogens is 208 g/mol. The summed E-state index contributed by atoms with van der Waals surface area (Å²) in [5.74, 6) is -3.02. The highest BCUT2D eigenvalue weighted by Gasteiger charge is 2.46. The number of anilines is 1. The molecule has 78 valence electrons. The van der Waals surface area contributed by atoms with Gasteiger partial charge >= 0.3 is 0 Å². The van der Waals surface area contributed by atoms with Crippen molar-refractivity contribution < 1.29 is 8.78 Å². The first-order valence-electron chi connectivity index (χ1n) is 4.50. The second-order valence-electron chi connectivity index (χ2n) is 3.52. The lowest BCUT2D eigenvalue weighted by Gasteiger charge is -2.14. The van der Waals surface area contributed by atoms with Gasteiger partial charge in [0, 0.05) is 5.92 Å². The first kappa shape index (κ1) is 9.76. The van der Waals surface area contributed by atoms with Crippen LogP contribution in [0.5, 0.6) is 0 Å². The number of hydrogen-bond acceptors (Lipinski definition) is 4. The Morgan fingerprint density at radius 1 is 1.50 bits per heavy atom. The Kier molecular flexibility index (Phi) is 2.38. The fraction of sp³-hybridized carbons (Fsp3) is 0.750. The zero-order valence-corrected chi connectivity index (χ0v) is 8.57. The molecule has 0 atom stereocenters. The van der Waals surface area contributed by atoms with Gasteiger partial charge in [0.05, 0.1) is 6.54 Å². The average Bonchev–Trinajstić information content (AvgIpc) is 2.89. The maximum atomic E-state index is 13.2. The van der Waals surface area contributed by atoms with Crippen LogP contribution in [0.3, 0.4) is 0 Å². The van der Waals surface area contributed by atoms with E-state index in [4.69, 9.17) is 0 Å². The molecule has 1 N–H and O–H groups in total. The van der Waals surface area contributed by atoms with E-state index in [1.54, 1.807) is 6.92 Å². The van der Waals surface area contributed by atoms with Gasteiger partial charge < -0.3 is 5.32 Å².